The number of para-hydroxylation sites is 1. The van der Waals surface area contributed by atoms with Gasteiger partial charge in [0.15, 0.2) is 0 Å². The van der Waals surface area contributed by atoms with Gasteiger partial charge in [-0.05, 0) is 43.9 Å². The molecule has 3 nitrogen and oxygen atoms in total. The molecule has 1 aromatic rings. The van der Waals surface area contributed by atoms with E-state index in [4.69, 9.17) is 5.11 Å². The summed E-state index contributed by atoms with van der Waals surface area (Å²) < 4.78 is 0. The van der Waals surface area contributed by atoms with Crippen LogP contribution in [0.5, 0.6) is 0 Å². The van der Waals surface area contributed by atoms with Gasteiger partial charge in [-0.2, -0.15) is 11.8 Å². The van der Waals surface area contributed by atoms with Crippen molar-refractivity contribution in [1.29, 1.82) is 0 Å². The van der Waals surface area contributed by atoms with Crippen LogP contribution in [0.4, 0.5) is 5.69 Å². The summed E-state index contributed by atoms with van der Waals surface area (Å²) >= 11 is 1.80. The van der Waals surface area contributed by atoms with E-state index in [1.165, 1.54) is 0 Å². The Morgan fingerprint density at radius 1 is 1.53 bits per heavy atom. The van der Waals surface area contributed by atoms with Crippen molar-refractivity contribution >= 4 is 23.4 Å². The number of aryl methyl sites for hydroxylation is 1. The molecule has 0 saturated heterocycles. The summed E-state index contributed by atoms with van der Waals surface area (Å²) in [6, 6.07) is 5.62. The summed E-state index contributed by atoms with van der Waals surface area (Å²) in [5.41, 5.74) is 2.07. The molecule has 17 heavy (non-hydrogen) atoms. The van der Waals surface area contributed by atoms with Crippen molar-refractivity contribution < 1.29 is 9.90 Å². The minimum atomic E-state index is -0.881. The number of rotatable bonds is 6. The van der Waals surface area contributed by atoms with E-state index in [0.29, 0.717) is 5.56 Å². The van der Waals surface area contributed by atoms with E-state index in [1.54, 1.807) is 23.9 Å². The summed E-state index contributed by atoms with van der Waals surface area (Å²) in [7, 11) is 0. The summed E-state index contributed by atoms with van der Waals surface area (Å²) in [5, 5.41) is 12.4. The molecule has 0 amide bonds. The Labute approximate surface area is 107 Å². The Balaban J connectivity index is 2.85. The Hall–Kier alpha value is -1.16. The van der Waals surface area contributed by atoms with Gasteiger partial charge >= 0.3 is 5.97 Å². The summed E-state index contributed by atoms with van der Waals surface area (Å²) in [6.45, 7) is 4.00. The van der Waals surface area contributed by atoms with Gasteiger partial charge in [0.05, 0.1) is 11.3 Å². The fraction of sp³-hybridized carbons (Fsp3) is 0.462. The van der Waals surface area contributed by atoms with Crippen molar-refractivity contribution in [2.24, 2.45) is 0 Å². The Kier molecular flexibility index (Phi) is 5.35. The van der Waals surface area contributed by atoms with Gasteiger partial charge in [-0.15, -0.1) is 0 Å². The third kappa shape index (κ3) is 3.97. The molecule has 0 saturated carbocycles. The van der Waals surface area contributed by atoms with Crippen molar-refractivity contribution in [3.63, 3.8) is 0 Å². The topological polar surface area (TPSA) is 49.3 Å². The van der Waals surface area contributed by atoms with Gasteiger partial charge in [0, 0.05) is 6.04 Å². The van der Waals surface area contributed by atoms with Crippen molar-refractivity contribution in [3.8, 4) is 0 Å². The highest BCUT2D eigenvalue weighted by atomic mass is 32.2. The second kappa shape index (κ2) is 6.55. The standard InChI is InChI=1S/C13H19NO2S/c1-9-5-4-6-11(13(15)16)12(9)14-10(2)7-8-17-3/h4-6,10,14H,7-8H2,1-3H3,(H,15,16). The Bertz CT molecular complexity index is 393. The Morgan fingerprint density at radius 3 is 2.82 bits per heavy atom. The molecule has 0 bridgehead atoms. The number of nitrogens with one attached hydrogen (secondary N) is 1. The second-order valence-electron chi connectivity index (χ2n) is 4.13. The molecular weight excluding hydrogens is 234 g/mol. The highest BCUT2D eigenvalue weighted by Gasteiger charge is 2.13. The second-order valence-corrected chi connectivity index (χ2v) is 5.12. The van der Waals surface area contributed by atoms with Crippen LogP contribution in [0, 0.1) is 6.92 Å². The molecule has 0 fully saturated rings. The maximum absolute atomic E-state index is 11.1. The van der Waals surface area contributed by atoms with Crippen LogP contribution in [-0.2, 0) is 0 Å². The van der Waals surface area contributed by atoms with Gasteiger partial charge in [-0.25, -0.2) is 4.79 Å². The third-order valence-electron chi connectivity index (χ3n) is 2.65. The van der Waals surface area contributed by atoms with E-state index < -0.39 is 5.97 Å². The molecule has 4 heteroatoms. The number of benzene rings is 1. The molecule has 0 radical (unpaired) electrons. The van der Waals surface area contributed by atoms with Crippen LogP contribution in [0.1, 0.15) is 29.3 Å². The number of carboxylic acid groups (broad SMARTS) is 1. The van der Waals surface area contributed by atoms with Crippen LogP contribution in [0.25, 0.3) is 0 Å². The van der Waals surface area contributed by atoms with Gasteiger partial charge in [0.2, 0.25) is 0 Å². The normalized spacial score (nSPS) is 12.2. The van der Waals surface area contributed by atoms with Crippen LogP contribution >= 0.6 is 11.8 Å². The van der Waals surface area contributed by atoms with Gasteiger partial charge in [-0.1, -0.05) is 12.1 Å². The quantitative estimate of drug-likeness (QED) is 0.817. The maximum atomic E-state index is 11.1. The van der Waals surface area contributed by atoms with Gasteiger partial charge in [-0.3, -0.25) is 0 Å². The molecule has 0 spiro atoms. The van der Waals surface area contributed by atoms with E-state index in [1.807, 2.05) is 13.0 Å². The maximum Gasteiger partial charge on any atom is 0.337 e. The lowest BCUT2D eigenvalue weighted by Gasteiger charge is -2.18. The van der Waals surface area contributed by atoms with Crippen LogP contribution in [-0.4, -0.2) is 29.1 Å². The van der Waals surface area contributed by atoms with Crippen molar-refractivity contribution in [3.05, 3.63) is 29.3 Å². The zero-order chi connectivity index (χ0) is 12.8. The van der Waals surface area contributed by atoms with Crippen LogP contribution < -0.4 is 5.32 Å². The van der Waals surface area contributed by atoms with Gasteiger partial charge < -0.3 is 10.4 Å². The summed E-state index contributed by atoms with van der Waals surface area (Å²) in [5.74, 6) is 0.191. The lowest BCUT2D eigenvalue weighted by atomic mass is 10.1. The molecule has 1 atom stereocenters. The molecule has 0 aliphatic heterocycles. The largest absolute Gasteiger partial charge is 0.478 e. The molecular formula is C13H19NO2S. The molecule has 0 heterocycles. The fourth-order valence-corrected chi connectivity index (χ4v) is 2.24. The van der Waals surface area contributed by atoms with Crippen LogP contribution in [0.2, 0.25) is 0 Å². The average molecular weight is 253 g/mol. The molecule has 0 aromatic heterocycles. The first kappa shape index (κ1) is 13.9. The van der Waals surface area contributed by atoms with E-state index in [9.17, 15) is 4.79 Å². The van der Waals surface area contributed by atoms with E-state index >= 15 is 0 Å². The monoisotopic (exact) mass is 253 g/mol. The smallest absolute Gasteiger partial charge is 0.337 e. The summed E-state index contributed by atoms with van der Waals surface area (Å²) in [6.07, 6.45) is 3.09. The molecule has 0 aliphatic carbocycles. The predicted octanol–water partition coefficient (Wildman–Crippen LogP) is 3.25. The number of aromatic carboxylic acids is 1. The number of thioether (sulfide) groups is 1. The SMILES string of the molecule is CSCCC(C)Nc1c(C)cccc1C(=O)O. The Morgan fingerprint density at radius 2 is 2.24 bits per heavy atom. The molecule has 0 aliphatic rings. The minimum Gasteiger partial charge on any atom is -0.478 e. The lowest BCUT2D eigenvalue weighted by molar-refractivity contribution is 0.0698. The minimum absolute atomic E-state index is 0.279. The highest BCUT2D eigenvalue weighted by molar-refractivity contribution is 7.98. The van der Waals surface area contributed by atoms with E-state index in [2.05, 4.69) is 18.5 Å². The lowest BCUT2D eigenvalue weighted by Crippen LogP contribution is -2.19. The first-order valence-electron chi connectivity index (χ1n) is 5.64. The fourth-order valence-electron chi connectivity index (χ4n) is 1.65. The van der Waals surface area contributed by atoms with Gasteiger partial charge in [0.25, 0.3) is 0 Å². The first-order valence-corrected chi connectivity index (χ1v) is 7.04. The van der Waals surface area contributed by atoms with E-state index in [-0.39, 0.29) is 6.04 Å². The molecule has 2 N–H and O–H groups in total. The van der Waals surface area contributed by atoms with Crippen molar-refractivity contribution in [2.75, 3.05) is 17.3 Å². The first-order chi connectivity index (χ1) is 8.06. The van der Waals surface area contributed by atoms with Crippen LogP contribution in [0.15, 0.2) is 18.2 Å². The number of hydrogen-bond acceptors (Lipinski definition) is 3. The number of carboxylic acids is 1. The van der Waals surface area contributed by atoms with Crippen molar-refractivity contribution in [1.82, 2.24) is 0 Å². The molecule has 94 valence electrons. The number of anilines is 1. The van der Waals surface area contributed by atoms with Gasteiger partial charge in [0.1, 0.15) is 0 Å². The predicted molar refractivity (Wildman–Crippen MR) is 74.2 cm³/mol. The van der Waals surface area contributed by atoms with Crippen molar-refractivity contribution in [2.45, 2.75) is 26.3 Å². The molecule has 1 unspecified atom stereocenters. The van der Waals surface area contributed by atoms with E-state index in [0.717, 1.165) is 23.4 Å². The summed E-state index contributed by atoms with van der Waals surface area (Å²) in [4.78, 5) is 11.1. The average Bonchev–Trinajstić information content (AvgIpc) is 2.28. The highest BCUT2D eigenvalue weighted by Crippen LogP contribution is 2.22. The third-order valence-corrected chi connectivity index (χ3v) is 3.29. The molecule has 1 rings (SSSR count). The number of hydrogen-bond donors (Lipinski definition) is 2. The zero-order valence-corrected chi connectivity index (χ0v) is 11.3. The number of carbonyl (C=O) groups is 1. The molecule has 1 aromatic carbocycles. The van der Waals surface area contributed by atoms with Crippen LogP contribution in [0.3, 0.4) is 0 Å². The zero-order valence-electron chi connectivity index (χ0n) is 10.5.